The second-order valence-electron chi connectivity index (χ2n) is 4.35. The summed E-state index contributed by atoms with van der Waals surface area (Å²) in [5, 5.41) is 12.9. The summed E-state index contributed by atoms with van der Waals surface area (Å²) >= 11 is 0. The number of hydrogen-bond donors (Lipinski definition) is 2. The summed E-state index contributed by atoms with van der Waals surface area (Å²) in [6.45, 7) is 1.98. The second-order valence-corrected chi connectivity index (χ2v) is 4.35. The Hall–Kier alpha value is -0.120. The molecule has 0 amide bonds. The molecule has 1 heterocycles. The summed E-state index contributed by atoms with van der Waals surface area (Å²) in [6, 6.07) is 0.477. The summed E-state index contributed by atoms with van der Waals surface area (Å²) in [4.78, 5) is 0. The number of hydrogen-bond acceptors (Lipinski definition) is 3. The highest BCUT2D eigenvalue weighted by Gasteiger charge is 2.35. The van der Waals surface area contributed by atoms with Crippen LogP contribution in [-0.2, 0) is 4.74 Å². The Morgan fingerprint density at radius 2 is 2.15 bits per heavy atom. The Morgan fingerprint density at radius 1 is 1.38 bits per heavy atom. The highest BCUT2D eigenvalue weighted by molar-refractivity contribution is 4.95. The third kappa shape index (κ3) is 2.03. The number of aliphatic hydroxyl groups is 1. The predicted octanol–water partition coefficient (Wildman–Crippen LogP) is 0.670. The van der Waals surface area contributed by atoms with Crippen molar-refractivity contribution in [3.8, 4) is 0 Å². The monoisotopic (exact) mass is 185 g/mol. The fourth-order valence-corrected chi connectivity index (χ4v) is 2.48. The molecule has 2 aliphatic rings. The molecule has 3 nitrogen and oxygen atoms in total. The van der Waals surface area contributed by atoms with E-state index in [2.05, 4.69) is 5.32 Å². The normalized spacial score (nSPS) is 32.5. The van der Waals surface area contributed by atoms with Crippen LogP contribution in [0.4, 0.5) is 0 Å². The van der Waals surface area contributed by atoms with Crippen LogP contribution in [0.2, 0.25) is 0 Å². The van der Waals surface area contributed by atoms with Crippen molar-refractivity contribution in [1.82, 2.24) is 5.32 Å². The van der Waals surface area contributed by atoms with Gasteiger partial charge in [-0.15, -0.1) is 0 Å². The van der Waals surface area contributed by atoms with Crippen molar-refractivity contribution in [3.63, 3.8) is 0 Å². The van der Waals surface area contributed by atoms with E-state index in [0.717, 1.165) is 32.5 Å². The van der Waals surface area contributed by atoms with E-state index in [0.29, 0.717) is 6.04 Å². The van der Waals surface area contributed by atoms with Gasteiger partial charge in [0.25, 0.3) is 0 Å². The summed E-state index contributed by atoms with van der Waals surface area (Å²) in [5.74, 6) is 0. The van der Waals surface area contributed by atoms with Gasteiger partial charge in [0, 0.05) is 18.2 Å². The molecule has 1 saturated heterocycles. The zero-order valence-electron chi connectivity index (χ0n) is 8.09. The van der Waals surface area contributed by atoms with E-state index in [1.807, 2.05) is 0 Å². The van der Waals surface area contributed by atoms with Crippen LogP contribution in [0, 0.1) is 0 Å². The van der Waals surface area contributed by atoms with Gasteiger partial charge in [-0.2, -0.15) is 0 Å². The Morgan fingerprint density at radius 3 is 2.69 bits per heavy atom. The first-order valence-electron chi connectivity index (χ1n) is 5.31. The van der Waals surface area contributed by atoms with Crippen LogP contribution in [-0.4, -0.2) is 36.5 Å². The molecule has 2 N–H and O–H groups in total. The summed E-state index contributed by atoms with van der Waals surface area (Å²) in [6.07, 6.45) is 5.85. The number of aliphatic hydroxyl groups excluding tert-OH is 1. The van der Waals surface area contributed by atoms with Gasteiger partial charge in [-0.25, -0.2) is 0 Å². The predicted molar refractivity (Wildman–Crippen MR) is 50.6 cm³/mol. The average molecular weight is 185 g/mol. The van der Waals surface area contributed by atoms with Crippen LogP contribution in [0.15, 0.2) is 0 Å². The van der Waals surface area contributed by atoms with Crippen molar-refractivity contribution in [1.29, 1.82) is 0 Å². The molecule has 1 aliphatic heterocycles. The fraction of sp³-hybridized carbons (Fsp3) is 1.00. The van der Waals surface area contributed by atoms with Crippen molar-refractivity contribution in [2.24, 2.45) is 0 Å². The average Bonchev–Trinajstić information content (AvgIpc) is 2.77. The third-order valence-corrected chi connectivity index (χ3v) is 3.30. The highest BCUT2D eigenvalue weighted by atomic mass is 16.5. The molecule has 1 saturated carbocycles. The van der Waals surface area contributed by atoms with Gasteiger partial charge < -0.3 is 15.2 Å². The van der Waals surface area contributed by atoms with Crippen LogP contribution >= 0.6 is 0 Å². The number of nitrogens with one attached hydrogen (secondary N) is 1. The van der Waals surface area contributed by atoms with Gasteiger partial charge in [0.2, 0.25) is 0 Å². The molecule has 0 bridgehead atoms. The van der Waals surface area contributed by atoms with E-state index in [4.69, 9.17) is 4.74 Å². The molecule has 0 radical (unpaired) electrons. The first-order chi connectivity index (χ1) is 6.35. The highest BCUT2D eigenvalue weighted by Crippen LogP contribution is 2.30. The van der Waals surface area contributed by atoms with Gasteiger partial charge in [-0.05, 0) is 19.3 Å². The largest absolute Gasteiger partial charge is 0.394 e. The lowest BCUT2D eigenvalue weighted by atomic mass is 9.97. The molecule has 3 heteroatoms. The Balaban J connectivity index is 1.88. The molecule has 0 spiro atoms. The Kier molecular flexibility index (Phi) is 2.86. The van der Waals surface area contributed by atoms with Gasteiger partial charge in [0.1, 0.15) is 0 Å². The minimum Gasteiger partial charge on any atom is -0.394 e. The molecule has 0 aromatic carbocycles. The summed E-state index contributed by atoms with van der Waals surface area (Å²) < 4.78 is 5.31. The van der Waals surface area contributed by atoms with E-state index in [9.17, 15) is 5.11 Å². The van der Waals surface area contributed by atoms with Crippen molar-refractivity contribution >= 4 is 0 Å². The summed E-state index contributed by atoms with van der Waals surface area (Å²) in [7, 11) is 0. The molecule has 1 aliphatic carbocycles. The number of rotatable bonds is 3. The van der Waals surface area contributed by atoms with Crippen LogP contribution in [0.25, 0.3) is 0 Å². The minimum absolute atomic E-state index is 0.0262. The lowest BCUT2D eigenvalue weighted by molar-refractivity contribution is 0.138. The Bertz CT molecular complexity index is 160. The molecule has 13 heavy (non-hydrogen) atoms. The Labute approximate surface area is 79.5 Å². The maximum atomic E-state index is 9.37. The van der Waals surface area contributed by atoms with Crippen LogP contribution in [0.1, 0.15) is 32.1 Å². The fourth-order valence-electron chi connectivity index (χ4n) is 2.48. The third-order valence-electron chi connectivity index (χ3n) is 3.30. The molecule has 1 unspecified atom stereocenters. The number of ether oxygens (including phenoxy) is 1. The van der Waals surface area contributed by atoms with Crippen LogP contribution in [0.5, 0.6) is 0 Å². The lowest BCUT2D eigenvalue weighted by Gasteiger charge is -2.31. The maximum Gasteiger partial charge on any atom is 0.0620 e. The van der Waals surface area contributed by atoms with Gasteiger partial charge in [0.05, 0.1) is 13.2 Å². The maximum absolute atomic E-state index is 9.37. The van der Waals surface area contributed by atoms with E-state index in [1.54, 1.807) is 0 Å². The lowest BCUT2D eigenvalue weighted by Crippen LogP contribution is -2.51. The van der Waals surface area contributed by atoms with Gasteiger partial charge in [-0.1, -0.05) is 12.8 Å². The molecular weight excluding hydrogens is 166 g/mol. The molecule has 76 valence electrons. The first-order valence-corrected chi connectivity index (χ1v) is 5.31. The van der Waals surface area contributed by atoms with E-state index >= 15 is 0 Å². The SMILES string of the molecule is OCC1(NC2CCOC2)CCCC1. The van der Waals surface area contributed by atoms with Crippen LogP contribution in [0.3, 0.4) is 0 Å². The van der Waals surface area contributed by atoms with Gasteiger partial charge in [-0.3, -0.25) is 0 Å². The molecule has 0 aromatic heterocycles. The van der Waals surface area contributed by atoms with Crippen molar-refractivity contribution in [2.75, 3.05) is 19.8 Å². The van der Waals surface area contributed by atoms with E-state index in [-0.39, 0.29) is 12.1 Å². The van der Waals surface area contributed by atoms with Gasteiger partial charge in [0.15, 0.2) is 0 Å². The molecule has 0 aromatic rings. The second kappa shape index (κ2) is 3.95. The standard InChI is InChI=1S/C10H19NO2/c12-8-10(4-1-2-5-10)11-9-3-6-13-7-9/h9,11-12H,1-8H2. The molecular formula is C10H19NO2. The zero-order chi connectivity index (χ0) is 9.15. The topological polar surface area (TPSA) is 41.5 Å². The van der Waals surface area contributed by atoms with E-state index < -0.39 is 0 Å². The minimum atomic E-state index is 0.0262. The smallest absolute Gasteiger partial charge is 0.0620 e. The van der Waals surface area contributed by atoms with Gasteiger partial charge >= 0.3 is 0 Å². The molecule has 2 fully saturated rings. The van der Waals surface area contributed by atoms with Crippen molar-refractivity contribution in [3.05, 3.63) is 0 Å². The van der Waals surface area contributed by atoms with Crippen LogP contribution < -0.4 is 5.32 Å². The van der Waals surface area contributed by atoms with E-state index in [1.165, 1.54) is 12.8 Å². The van der Waals surface area contributed by atoms with Crippen molar-refractivity contribution in [2.45, 2.75) is 43.7 Å². The summed E-state index contributed by atoms with van der Waals surface area (Å²) in [5.41, 5.74) is 0.0262. The quantitative estimate of drug-likeness (QED) is 0.679. The first kappa shape index (κ1) is 9.44. The zero-order valence-corrected chi connectivity index (χ0v) is 8.09. The molecule has 1 atom stereocenters. The van der Waals surface area contributed by atoms with Crippen molar-refractivity contribution < 1.29 is 9.84 Å². The molecule has 2 rings (SSSR count).